The molecule has 0 atom stereocenters. The number of ether oxygens (including phenoxy) is 2. The second kappa shape index (κ2) is 6.45. The van der Waals surface area contributed by atoms with Crippen LogP contribution >= 0.6 is 0 Å². The van der Waals surface area contributed by atoms with Gasteiger partial charge in [0.05, 0.1) is 0 Å². The van der Waals surface area contributed by atoms with Gasteiger partial charge in [-0.3, -0.25) is 4.79 Å². The van der Waals surface area contributed by atoms with Crippen molar-refractivity contribution in [1.82, 2.24) is 0 Å². The zero-order valence-corrected chi connectivity index (χ0v) is 6.24. The van der Waals surface area contributed by atoms with Gasteiger partial charge in [0.15, 0.2) is 6.29 Å². The summed E-state index contributed by atoms with van der Waals surface area (Å²) in [5, 5.41) is 0. The number of hydrogen-bond donors (Lipinski definition) is 0. The molecule has 0 heterocycles. The Bertz CT molecular complexity index is 105. The van der Waals surface area contributed by atoms with Gasteiger partial charge in [0.1, 0.15) is 6.29 Å². The normalized spacial score (nSPS) is 11.1. The van der Waals surface area contributed by atoms with E-state index in [-0.39, 0.29) is 6.29 Å². The van der Waals surface area contributed by atoms with E-state index < -0.39 is 0 Å². The highest BCUT2D eigenvalue weighted by Gasteiger charge is 1.99. The van der Waals surface area contributed by atoms with E-state index >= 15 is 0 Å². The summed E-state index contributed by atoms with van der Waals surface area (Å²) in [6.07, 6.45) is 4.21. The summed E-state index contributed by atoms with van der Waals surface area (Å²) < 4.78 is 9.71. The standard InChI is InChI=1S/C7H12O3/c1-9-7(10-2)5-3-4-6-8/h3-4,6-7H,5H2,1-2H3/b4-3+. The smallest absolute Gasteiger partial charge is 0.160 e. The Balaban J connectivity index is 3.43. The number of carbonyl (C=O) groups is 1. The molecule has 0 aromatic rings. The molecule has 0 saturated heterocycles. The molecule has 0 N–H and O–H groups in total. The van der Waals surface area contributed by atoms with Crippen LogP contribution in [0.2, 0.25) is 0 Å². The highest BCUT2D eigenvalue weighted by atomic mass is 16.7. The van der Waals surface area contributed by atoms with Crippen molar-refractivity contribution in [2.45, 2.75) is 12.7 Å². The molecule has 0 aromatic carbocycles. The lowest BCUT2D eigenvalue weighted by molar-refractivity contribution is -0.104. The summed E-state index contributed by atoms with van der Waals surface area (Å²) >= 11 is 0. The van der Waals surface area contributed by atoms with E-state index in [0.717, 1.165) is 6.29 Å². The lowest BCUT2D eigenvalue weighted by Gasteiger charge is -2.09. The molecule has 0 spiro atoms. The number of aldehydes is 1. The minimum Gasteiger partial charge on any atom is -0.356 e. The Morgan fingerprint density at radius 2 is 2.00 bits per heavy atom. The Morgan fingerprint density at radius 1 is 1.40 bits per heavy atom. The van der Waals surface area contributed by atoms with E-state index in [1.165, 1.54) is 6.08 Å². The highest BCUT2D eigenvalue weighted by Crippen LogP contribution is 1.97. The molecule has 3 nitrogen and oxygen atoms in total. The Morgan fingerprint density at radius 3 is 2.40 bits per heavy atom. The molecule has 10 heavy (non-hydrogen) atoms. The second-order valence-corrected chi connectivity index (χ2v) is 1.70. The highest BCUT2D eigenvalue weighted by molar-refractivity contribution is 5.64. The van der Waals surface area contributed by atoms with Crippen molar-refractivity contribution in [3.8, 4) is 0 Å². The average Bonchev–Trinajstić information content (AvgIpc) is 1.99. The third kappa shape index (κ3) is 4.23. The maximum atomic E-state index is 9.79. The molecule has 58 valence electrons. The van der Waals surface area contributed by atoms with Gasteiger partial charge in [-0.15, -0.1) is 0 Å². The van der Waals surface area contributed by atoms with E-state index in [2.05, 4.69) is 0 Å². The fourth-order valence-electron chi connectivity index (χ4n) is 0.534. The first-order valence-corrected chi connectivity index (χ1v) is 3.01. The van der Waals surface area contributed by atoms with Crippen molar-refractivity contribution in [3.05, 3.63) is 12.2 Å². The molecule has 0 amide bonds. The topological polar surface area (TPSA) is 35.5 Å². The number of rotatable bonds is 5. The predicted octanol–water partition coefficient (Wildman–Crippen LogP) is 0.750. The van der Waals surface area contributed by atoms with Gasteiger partial charge in [0, 0.05) is 20.6 Å². The molecular weight excluding hydrogens is 132 g/mol. The van der Waals surface area contributed by atoms with Crippen LogP contribution in [0.5, 0.6) is 0 Å². The number of methoxy groups -OCH3 is 2. The number of hydrogen-bond acceptors (Lipinski definition) is 3. The maximum absolute atomic E-state index is 9.79. The fourth-order valence-corrected chi connectivity index (χ4v) is 0.534. The van der Waals surface area contributed by atoms with Crippen molar-refractivity contribution in [2.75, 3.05) is 14.2 Å². The lowest BCUT2D eigenvalue weighted by Crippen LogP contribution is -2.10. The average molecular weight is 144 g/mol. The van der Waals surface area contributed by atoms with Gasteiger partial charge in [-0.25, -0.2) is 0 Å². The third-order valence-corrected chi connectivity index (χ3v) is 1.07. The van der Waals surface area contributed by atoms with Crippen LogP contribution < -0.4 is 0 Å². The zero-order chi connectivity index (χ0) is 7.82. The molecule has 0 aromatic heterocycles. The van der Waals surface area contributed by atoms with Crippen molar-refractivity contribution in [2.24, 2.45) is 0 Å². The third-order valence-electron chi connectivity index (χ3n) is 1.07. The second-order valence-electron chi connectivity index (χ2n) is 1.70. The van der Waals surface area contributed by atoms with E-state index in [9.17, 15) is 4.79 Å². The quantitative estimate of drug-likeness (QED) is 0.324. The van der Waals surface area contributed by atoms with Gasteiger partial charge in [0.25, 0.3) is 0 Å². The van der Waals surface area contributed by atoms with Crippen molar-refractivity contribution in [3.63, 3.8) is 0 Å². The Hall–Kier alpha value is -0.670. The first-order valence-electron chi connectivity index (χ1n) is 3.01. The molecule has 3 heteroatoms. The molecule has 0 aliphatic heterocycles. The Kier molecular flexibility index (Phi) is 6.02. The minimum atomic E-state index is -0.240. The van der Waals surface area contributed by atoms with Crippen LogP contribution in [0.15, 0.2) is 12.2 Å². The monoisotopic (exact) mass is 144 g/mol. The van der Waals surface area contributed by atoms with Gasteiger partial charge in [-0.2, -0.15) is 0 Å². The molecule has 0 aliphatic rings. The molecule has 0 saturated carbocycles. The van der Waals surface area contributed by atoms with E-state index in [0.29, 0.717) is 6.42 Å². The largest absolute Gasteiger partial charge is 0.356 e. The summed E-state index contributed by atoms with van der Waals surface area (Å²) in [4.78, 5) is 9.79. The van der Waals surface area contributed by atoms with Gasteiger partial charge in [-0.1, -0.05) is 6.08 Å². The summed E-state index contributed by atoms with van der Waals surface area (Å²) in [6.45, 7) is 0. The SMILES string of the molecule is COC(C/C=C/C=O)OC. The van der Waals surface area contributed by atoms with Gasteiger partial charge in [-0.05, 0) is 6.08 Å². The maximum Gasteiger partial charge on any atom is 0.160 e. The van der Waals surface area contributed by atoms with Crippen molar-refractivity contribution < 1.29 is 14.3 Å². The molecule has 0 unspecified atom stereocenters. The van der Waals surface area contributed by atoms with Crippen molar-refractivity contribution >= 4 is 6.29 Å². The molecule has 0 bridgehead atoms. The van der Waals surface area contributed by atoms with Crippen LogP contribution in [0.3, 0.4) is 0 Å². The summed E-state index contributed by atoms with van der Waals surface area (Å²) in [5.74, 6) is 0. The van der Waals surface area contributed by atoms with Crippen LogP contribution in [0.4, 0.5) is 0 Å². The van der Waals surface area contributed by atoms with Crippen molar-refractivity contribution in [1.29, 1.82) is 0 Å². The van der Waals surface area contributed by atoms with Crippen LogP contribution in [-0.4, -0.2) is 26.8 Å². The van der Waals surface area contributed by atoms with Gasteiger partial charge in [0.2, 0.25) is 0 Å². The number of carbonyl (C=O) groups excluding carboxylic acids is 1. The first kappa shape index (κ1) is 9.33. The molecular formula is C7H12O3. The Labute approximate surface area is 60.6 Å². The fraction of sp³-hybridized carbons (Fsp3) is 0.571. The number of allylic oxidation sites excluding steroid dienone is 1. The van der Waals surface area contributed by atoms with Crippen LogP contribution in [0.1, 0.15) is 6.42 Å². The summed E-state index contributed by atoms with van der Waals surface area (Å²) in [6, 6.07) is 0. The molecule has 0 rings (SSSR count). The predicted molar refractivity (Wildman–Crippen MR) is 37.6 cm³/mol. The first-order chi connectivity index (χ1) is 4.85. The van der Waals surface area contributed by atoms with Crippen LogP contribution in [0, 0.1) is 0 Å². The molecule has 0 fully saturated rings. The zero-order valence-electron chi connectivity index (χ0n) is 6.24. The van der Waals surface area contributed by atoms with E-state index in [4.69, 9.17) is 9.47 Å². The minimum absolute atomic E-state index is 0.240. The van der Waals surface area contributed by atoms with E-state index in [1.54, 1.807) is 20.3 Å². The van der Waals surface area contributed by atoms with E-state index in [1.807, 2.05) is 0 Å². The van der Waals surface area contributed by atoms with Gasteiger partial charge >= 0.3 is 0 Å². The molecule has 0 aliphatic carbocycles. The van der Waals surface area contributed by atoms with Gasteiger partial charge < -0.3 is 9.47 Å². The van der Waals surface area contributed by atoms with Crippen LogP contribution in [-0.2, 0) is 14.3 Å². The summed E-state index contributed by atoms with van der Waals surface area (Å²) in [5.41, 5.74) is 0. The molecule has 0 radical (unpaired) electrons. The lowest BCUT2D eigenvalue weighted by atomic mass is 10.4. The van der Waals surface area contributed by atoms with Crippen LogP contribution in [0.25, 0.3) is 0 Å². The summed E-state index contributed by atoms with van der Waals surface area (Å²) in [7, 11) is 3.12.